The van der Waals surface area contributed by atoms with Gasteiger partial charge in [0.05, 0.1) is 0 Å². The van der Waals surface area contributed by atoms with Crippen LogP contribution in [0.3, 0.4) is 0 Å². The van der Waals surface area contributed by atoms with E-state index in [-0.39, 0.29) is 11.3 Å². The molecule has 14 heavy (non-hydrogen) atoms. The van der Waals surface area contributed by atoms with Gasteiger partial charge in [-0.3, -0.25) is 4.68 Å². The van der Waals surface area contributed by atoms with Crippen molar-refractivity contribution in [3.05, 3.63) is 23.6 Å². The summed E-state index contributed by atoms with van der Waals surface area (Å²) in [6.07, 6.45) is 2.34. The summed E-state index contributed by atoms with van der Waals surface area (Å²) in [5.74, 6) is -0.904. The molecule has 0 saturated heterocycles. The molecule has 0 aliphatic heterocycles. The van der Waals surface area contributed by atoms with E-state index in [1.165, 1.54) is 4.68 Å². The summed E-state index contributed by atoms with van der Waals surface area (Å²) in [7, 11) is 1.72. The minimum Gasteiger partial charge on any atom is -0.505 e. The maximum absolute atomic E-state index is 13.5. The molecule has 0 aliphatic rings. The van der Waals surface area contributed by atoms with Crippen molar-refractivity contribution in [2.45, 2.75) is 13.3 Å². The zero-order chi connectivity index (χ0) is 10.3. The maximum Gasteiger partial charge on any atom is 0.193 e. The Balaban J connectivity index is 2.84. The van der Waals surface area contributed by atoms with Gasteiger partial charge in [-0.15, -0.1) is 0 Å². The first-order valence-corrected chi connectivity index (χ1v) is 4.47. The Morgan fingerprint density at radius 2 is 2.29 bits per heavy atom. The predicted octanol–water partition coefficient (Wildman–Crippen LogP) is 1.98. The van der Waals surface area contributed by atoms with Gasteiger partial charge in [-0.2, -0.15) is 5.10 Å². The van der Waals surface area contributed by atoms with E-state index in [9.17, 15) is 9.50 Å². The highest BCUT2D eigenvalue weighted by Gasteiger charge is 2.13. The molecule has 0 fully saturated rings. The van der Waals surface area contributed by atoms with Crippen LogP contribution in [-0.4, -0.2) is 14.9 Å². The van der Waals surface area contributed by atoms with Crippen LogP contribution in [0.4, 0.5) is 4.39 Å². The molecule has 0 aliphatic carbocycles. The Morgan fingerprint density at radius 3 is 2.93 bits per heavy atom. The third kappa shape index (κ3) is 1.14. The predicted molar refractivity (Wildman–Crippen MR) is 51.7 cm³/mol. The zero-order valence-electron chi connectivity index (χ0n) is 8.08. The normalized spacial score (nSPS) is 11.1. The summed E-state index contributed by atoms with van der Waals surface area (Å²) in [4.78, 5) is 0. The molecule has 0 radical (unpaired) electrons. The summed E-state index contributed by atoms with van der Waals surface area (Å²) < 4.78 is 15.1. The molecule has 2 rings (SSSR count). The molecule has 0 saturated carbocycles. The van der Waals surface area contributed by atoms with Crippen LogP contribution in [0.25, 0.3) is 10.9 Å². The van der Waals surface area contributed by atoms with Gasteiger partial charge in [-0.05, 0) is 18.1 Å². The smallest absolute Gasteiger partial charge is 0.193 e. The highest BCUT2D eigenvalue weighted by Crippen LogP contribution is 2.28. The van der Waals surface area contributed by atoms with E-state index >= 15 is 0 Å². The lowest BCUT2D eigenvalue weighted by Gasteiger charge is -2.02. The third-order valence-electron chi connectivity index (χ3n) is 2.29. The summed E-state index contributed by atoms with van der Waals surface area (Å²) in [5.41, 5.74) is 0.838. The second-order valence-corrected chi connectivity index (χ2v) is 3.29. The molecule has 2 aromatic rings. The maximum atomic E-state index is 13.5. The number of benzene rings is 1. The standard InChI is InChI=1S/C10H11FN2O/c1-3-6-4-7-5-13(2)12-9(7)8(11)10(6)14/h4-5,14H,3H2,1-2H3. The zero-order valence-corrected chi connectivity index (χ0v) is 8.08. The minimum absolute atomic E-state index is 0.224. The number of fused-ring (bicyclic) bond motifs is 1. The first-order chi connectivity index (χ1) is 6.63. The second kappa shape index (κ2) is 2.97. The number of phenolic OH excluding ortho intramolecular Hbond substituents is 1. The number of hydrogen-bond donors (Lipinski definition) is 1. The molecule has 1 aromatic carbocycles. The molecule has 0 atom stereocenters. The van der Waals surface area contributed by atoms with Crippen LogP contribution in [0.5, 0.6) is 5.75 Å². The summed E-state index contributed by atoms with van der Waals surface area (Å²) >= 11 is 0. The highest BCUT2D eigenvalue weighted by molar-refractivity contribution is 5.81. The largest absolute Gasteiger partial charge is 0.505 e. The van der Waals surface area contributed by atoms with Gasteiger partial charge in [0.25, 0.3) is 0 Å². The number of aryl methyl sites for hydroxylation is 2. The number of halogens is 1. The third-order valence-corrected chi connectivity index (χ3v) is 2.29. The fourth-order valence-corrected chi connectivity index (χ4v) is 1.56. The Kier molecular flexibility index (Phi) is 1.91. The monoisotopic (exact) mass is 194 g/mol. The first-order valence-electron chi connectivity index (χ1n) is 4.47. The van der Waals surface area contributed by atoms with E-state index in [4.69, 9.17) is 0 Å². The van der Waals surface area contributed by atoms with Gasteiger partial charge in [0.15, 0.2) is 11.6 Å². The lowest BCUT2D eigenvalue weighted by Crippen LogP contribution is -1.89. The van der Waals surface area contributed by atoms with Gasteiger partial charge in [-0.1, -0.05) is 6.92 Å². The van der Waals surface area contributed by atoms with E-state index < -0.39 is 5.82 Å². The molecule has 0 unspecified atom stereocenters. The number of rotatable bonds is 1. The molecule has 74 valence electrons. The fourth-order valence-electron chi connectivity index (χ4n) is 1.56. The van der Waals surface area contributed by atoms with Crippen LogP contribution in [0, 0.1) is 5.82 Å². The van der Waals surface area contributed by atoms with Crippen molar-refractivity contribution in [1.82, 2.24) is 9.78 Å². The SMILES string of the molecule is CCc1cc2cn(C)nc2c(F)c1O. The van der Waals surface area contributed by atoms with E-state index in [0.717, 1.165) is 5.39 Å². The molecular weight excluding hydrogens is 183 g/mol. The first kappa shape index (κ1) is 8.99. The highest BCUT2D eigenvalue weighted by atomic mass is 19.1. The average Bonchev–Trinajstić information content (AvgIpc) is 2.52. The van der Waals surface area contributed by atoms with Crippen molar-refractivity contribution in [2.75, 3.05) is 0 Å². The average molecular weight is 194 g/mol. The lowest BCUT2D eigenvalue weighted by molar-refractivity contribution is 0.429. The second-order valence-electron chi connectivity index (χ2n) is 3.29. The molecule has 0 amide bonds. The summed E-state index contributed by atoms with van der Waals surface area (Å²) in [6.45, 7) is 1.87. The Bertz CT molecular complexity index is 490. The number of phenols is 1. The van der Waals surface area contributed by atoms with E-state index in [2.05, 4.69) is 5.10 Å². The molecule has 4 heteroatoms. The molecule has 1 aromatic heterocycles. The topological polar surface area (TPSA) is 38.0 Å². The number of aromatic nitrogens is 2. The number of nitrogens with zero attached hydrogens (tertiary/aromatic N) is 2. The van der Waals surface area contributed by atoms with E-state index in [1.54, 1.807) is 19.3 Å². The molecular formula is C10H11FN2O. The van der Waals surface area contributed by atoms with Crippen molar-refractivity contribution in [1.29, 1.82) is 0 Å². The van der Waals surface area contributed by atoms with Crippen LogP contribution >= 0.6 is 0 Å². The van der Waals surface area contributed by atoms with Gasteiger partial charge in [0, 0.05) is 18.6 Å². The Hall–Kier alpha value is -1.58. The van der Waals surface area contributed by atoms with Crippen molar-refractivity contribution in [3.8, 4) is 5.75 Å². The van der Waals surface area contributed by atoms with Crippen molar-refractivity contribution in [3.63, 3.8) is 0 Å². The van der Waals surface area contributed by atoms with Crippen LogP contribution in [-0.2, 0) is 13.5 Å². The fraction of sp³-hybridized carbons (Fsp3) is 0.300. The molecule has 3 nitrogen and oxygen atoms in total. The van der Waals surface area contributed by atoms with Crippen molar-refractivity contribution < 1.29 is 9.50 Å². The van der Waals surface area contributed by atoms with Gasteiger partial charge >= 0.3 is 0 Å². The summed E-state index contributed by atoms with van der Waals surface area (Å²) in [6, 6.07) is 1.76. The molecule has 0 spiro atoms. The minimum atomic E-state index is -0.625. The van der Waals surface area contributed by atoms with E-state index in [1.807, 2.05) is 6.92 Å². The quantitative estimate of drug-likeness (QED) is 0.753. The molecule has 0 bridgehead atoms. The van der Waals surface area contributed by atoms with Crippen molar-refractivity contribution >= 4 is 10.9 Å². The summed E-state index contributed by atoms with van der Waals surface area (Å²) in [5, 5.41) is 14.1. The van der Waals surface area contributed by atoms with Crippen molar-refractivity contribution in [2.24, 2.45) is 7.05 Å². The van der Waals surface area contributed by atoms with E-state index in [0.29, 0.717) is 12.0 Å². The Morgan fingerprint density at radius 1 is 1.57 bits per heavy atom. The van der Waals surface area contributed by atoms with Crippen LogP contribution < -0.4 is 0 Å². The number of hydrogen-bond acceptors (Lipinski definition) is 2. The molecule has 1 heterocycles. The Labute approximate surface area is 80.8 Å². The van der Waals surface area contributed by atoms with Crippen LogP contribution in [0.2, 0.25) is 0 Å². The van der Waals surface area contributed by atoms with Crippen LogP contribution in [0.15, 0.2) is 12.3 Å². The van der Waals surface area contributed by atoms with Gasteiger partial charge in [0.1, 0.15) is 5.52 Å². The van der Waals surface area contributed by atoms with Gasteiger partial charge in [0.2, 0.25) is 0 Å². The van der Waals surface area contributed by atoms with Crippen LogP contribution in [0.1, 0.15) is 12.5 Å². The molecule has 1 N–H and O–H groups in total. The van der Waals surface area contributed by atoms with Gasteiger partial charge < -0.3 is 5.11 Å². The number of aromatic hydroxyl groups is 1. The van der Waals surface area contributed by atoms with Gasteiger partial charge in [-0.25, -0.2) is 4.39 Å². The lowest BCUT2D eigenvalue weighted by atomic mass is 10.1.